The summed E-state index contributed by atoms with van der Waals surface area (Å²) in [5, 5.41) is 20.0. The second kappa shape index (κ2) is 5.86. The molecule has 0 fully saturated rings. The molecule has 7 heteroatoms. The highest BCUT2D eigenvalue weighted by Crippen LogP contribution is 2.29. The number of nitrogen functional groups attached to an aromatic ring is 1. The first kappa shape index (κ1) is 16.9. The molecule has 0 atom stereocenters. The van der Waals surface area contributed by atoms with Crippen molar-refractivity contribution in [3.05, 3.63) is 35.7 Å². The highest BCUT2D eigenvalue weighted by molar-refractivity contribution is 6.07. The Balaban J connectivity index is 2.28. The number of fused-ring (bicyclic) bond motifs is 3. The van der Waals surface area contributed by atoms with E-state index in [0.29, 0.717) is 23.4 Å². The molecule has 3 aromatic rings. The van der Waals surface area contributed by atoms with Crippen LogP contribution >= 0.6 is 0 Å². The average molecular weight is 340 g/mol. The Morgan fingerprint density at radius 3 is 2.76 bits per heavy atom. The molecule has 0 amide bonds. The zero-order chi connectivity index (χ0) is 18.4. The molecule has 0 aliphatic rings. The number of carboxylic acids is 1. The Hall–Kier alpha value is -2.93. The summed E-state index contributed by atoms with van der Waals surface area (Å²) in [6.07, 6.45) is 3.23. The first-order valence-electron chi connectivity index (χ1n) is 7.84. The van der Waals surface area contributed by atoms with Crippen LogP contribution in [0, 0.1) is 0 Å². The summed E-state index contributed by atoms with van der Waals surface area (Å²) in [4.78, 5) is 19.8. The largest absolute Gasteiger partial charge is 0.478 e. The number of aliphatic hydroxyl groups is 1. The quantitative estimate of drug-likeness (QED) is 0.628. The van der Waals surface area contributed by atoms with Crippen LogP contribution in [0.2, 0.25) is 0 Å². The maximum atomic E-state index is 11.1. The standard InChI is InChI=1S/C18H20N4O3/c1-10(17(23)24)6-11-4-5-13-12(7-11)15-14(16(19)21-13)20-9-22(15)8-18(2,3)25/h4-7,9,25H,8H2,1-3H3,(H2,19,21)(H,23,24). The van der Waals surface area contributed by atoms with Gasteiger partial charge in [-0.25, -0.2) is 14.8 Å². The van der Waals surface area contributed by atoms with E-state index in [1.807, 2.05) is 10.6 Å². The van der Waals surface area contributed by atoms with Gasteiger partial charge in [-0.2, -0.15) is 0 Å². The molecule has 3 rings (SSSR count). The number of carboxylic acid groups (broad SMARTS) is 1. The van der Waals surface area contributed by atoms with Crippen molar-refractivity contribution < 1.29 is 15.0 Å². The van der Waals surface area contributed by atoms with E-state index in [1.54, 1.807) is 45.3 Å². The number of carbonyl (C=O) groups is 1. The fraction of sp³-hybridized carbons (Fsp3) is 0.278. The summed E-state index contributed by atoms with van der Waals surface area (Å²) in [5.41, 5.74) is 8.11. The van der Waals surface area contributed by atoms with Gasteiger partial charge in [-0.15, -0.1) is 0 Å². The minimum Gasteiger partial charge on any atom is -0.478 e. The number of benzene rings is 1. The van der Waals surface area contributed by atoms with E-state index >= 15 is 0 Å². The van der Waals surface area contributed by atoms with Gasteiger partial charge in [0.05, 0.1) is 29.5 Å². The molecule has 2 aromatic heterocycles. The fourth-order valence-corrected chi connectivity index (χ4v) is 2.81. The van der Waals surface area contributed by atoms with E-state index in [-0.39, 0.29) is 5.57 Å². The number of imidazole rings is 1. The van der Waals surface area contributed by atoms with E-state index in [1.165, 1.54) is 0 Å². The molecule has 0 unspecified atom stereocenters. The van der Waals surface area contributed by atoms with Gasteiger partial charge in [0.25, 0.3) is 0 Å². The number of anilines is 1. The molecule has 1 aromatic carbocycles. The molecule has 0 spiro atoms. The molecule has 7 nitrogen and oxygen atoms in total. The smallest absolute Gasteiger partial charge is 0.331 e. The van der Waals surface area contributed by atoms with Gasteiger partial charge in [-0.05, 0) is 44.5 Å². The number of nitrogens with two attached hydrogens (primary N) is 1. The molecule has 130 valence electrons. The maximum absolute atomic E-state index is 11.1. The average Bonchev–Trinajstić information content (AvgIpc) is 2.90. The number of aliphatic carboxylic acids is 1. The van der Waals surface area contributed by atoms with Crippen LogP contribution in [0.1, 0.15) is 26.3 Å². The third-order valence-corrected chi connectivity index (χ3v) is 3.87. The number of hydrogen-bond acceptors (Lipinski definition) is 5. The monoisotopic (exact) mass is 340 g/mol. The molecule has 0 radical (unpaired) electrons. The van der Waals surface area contributed by atoms with Crippen molar-refractivity contribution in [3.63, 3.8) is 0 Å². The predicted octanol–water partition coefficient (Wildman–Crippen LogP) is 2.43. The van der Waals surface area contributed by atoms with Gasteiger partial charge in [0.2, 0.25) is 0 Å². The minimum atomic E-state index is -0.965. The summed E-state index contributed by atoms with van der Waals surface area (Å²) in [7, 11) is 0. The van der Waals surface area contributed by atoms with Gasteiger partial charge in [0.15, 0.2) is 5.82 Å². The lowest BCUT2D eigenvalue weighted by molar-refractivity contribution is -0.132. The third-order valence-electron chi connectivity index (χ3n) is 3.87. The topological polar surface area (TPSA) is 114 Å². The van der Waals surface area contributed by atoms with Crippen LogP contribution in [0.5, 0.6) is 0 Å². The van der Waals surface area contributed by atoms with E-state index in [0.717, 1.165) is 16.5 Å². The van der Waals surface area contributed by atoms with Crippen LogP contribution in [-0.4, -0.2) is 36.3 Å². The SMILES string of the molecule is CC(=Cc1ccc2nc(N)c3ncn(CC(C)(C)O)c3c2c1)C(=O)O. The van der Waals surface area contributed by atoms with Crippen LogP contribution in [0.4, 0.5) is 5.82 Å². The molecule has 25 heavy (non-hydrogen) atoms. The molecule has 0 aliphatic carbocycles. The Bertz CT molecular complexity index is 1010. The Kier molecular flexibility index (Phi) is 3.96. The number of aromatic nitrogens is 3. The van der Waals surface area contributed by atoms with E-state index in [9.17, 15) is 9.90 Å². The Morgan fingerprint density at radius 2 is 2.12 bits per heavy atom. The molecule has 2 heterocycles. The fourth-order valence-electron chi connectivity index (χ4n) is 2.81. The molecular formula is C18H20N4O3. The molecular weight excluding hydrogens is 320 g/mol. The van der Waals surface area contributed by atoms with Gasteiger partial charge < -0.3 is 20.5 Å². The summed E-state index contributed by atoms with van der Waals surface area (Å²) >= 11 is 0. The Morgan fingerprint density at radius 1 is 1.40 bits per heavy atom. The van der Waals surface area contributed by atoms with Crippen molar-refractivity contribution in [2.75, 3.05) is 5.73 Å². The first-order valence-corrected chi connectivity index (χ1v) is 7.84. The highest BCUT2D eigenvalue weighted by Gasteiger charge is 2.18. The van der Waals surface area contributed by atoms with Crippen LogP contribution < -0.4 is 5.73 Å². The van der Waals surface area contributed by atoms with Crippen molar-refractivity contribution in [2.45, 2.75) is 32.9 Å². The van der Waals surface area contributed by atoms with Gasteiger partial charge in [-0.1, -0.05) is 6.07 Å². The van der Waals surface area contributed by atoms with E-state index in [2.05, 4.69) is 9.97 Å². The minimum absolute atomic E-state index is 0.240. The lowest BCUT2D eigenvalue weighted by Gasteiger charge is -2.18. The van der Waals surface area contributed by atoms with Crippen LogP contribution in [0.15, 0.2) is 30.1 Å². The van der Waals surface area contributed by atoms with Crippen LogP contribution in [0.25, 0.3) is 28.0 Å². The highest BCUT2D eigenvalue weighted by atomic mass is 16.4. The molecule has 0 saturated carbocycles. The molecule has 0 saturated heterocycles. The number of nitrogens with zero attached hydrogens (tertiary/aromatic N) is 3. The van der Waals surface area contributed by atoms with E-state index < -0.39 is 11.6 Å². The van der Waals surface area contributed by atoms with Crippen molar-refractivity contribution in [2.24, 2.45) is 0 Å². The number of rotatable bonds is 4. The second-order valence-corrected chi connectivity index (χ2v) is 6.79. The maximum Gasteiger partial charge on any atom is 0.331 e. The van der Waals surface area contributed by atoms with Crippen molar-refractivity contribution in [1.29, 1.82) is 0 Å². The second-order valence-electron chi connectivity index (χ2n) is 6.79. The zero-order valence-corrected chi connectivity index (χ0v) is 14.3. The lowest BCUT2D eigenvalue weighted by atomic mass is 10.1. The van der Waals surface area contributed by atoms with Crippen molar-refractivity contribution >= 4 is 39.8 Å². The van der Waals surface area contributed by atoms with Gasteiger partial charge in [0, 0.05) is 11.0 Å². The van der Waals surface area contributed by atoms with Crippen LogP contribution in [0.3, 0.4) is 0 Å². The number of pyridine rings is 1. The molecule has 0 bridgehead atoms. The zero-order valence-electron chi connectivity index (χ0n) is 14.3. The summed E-state index contributed by atoms with van der Waals surface area (Å²) in [6, 6.07) is 5.45. The van der Waals surface area contributed by atoms with Gasteiger partial charge in [-0.3, -0.25) is 0 Å². The van der Waals surface area contributed by atoms with Crippen LogP contribution in [-0.2, 0) is 11.3 Å². The molecule has 0 aliphatic heterocycles. The van der Waals surface area contributed by atoms with Crippen molar-refractivity contribution in [3.8, 4) is 0 Å². The van der Waals surface area contributed by atoms with Gasteiger partial charge in [0.1, 0.15) is 5.52 Å². The number of hydrogen-bond donors (Lipinski definition) is 3. The normalized spacial score (nSPS) is 12.9. The lowest BCUT2D eigenvalue weighted by Crippen LogP contribution is -2.25. The van der Waals surface area contributed by atoms with E-state index in [4.69, 9.17) is 10.8 Å². The summed E-state index contributed by atoms with van der Waals surface area (Å²) in [6.45, 7) is 5.32. The van der Waals surface area contributed by atoms with Gasteiger partial charge >= 0.3 is 5.97 Å². The predicted molar refractivity (Wildman–Crippen MR) is 97.0 cm³/mol. The van der Waals surface area contributed by atoms with Crippen molar-refractivity contribution in [1.82, 2.24) is 14.5 Å². The molecule has 4 N–H and O–H groups in total. The summed E-state index contributed by atoms with van der Waals surface area (Å²) in [5.74, 6) is -0.644. The third kappa shape index (κ3) is 3.32. The summed E-state index contributed by atoms with van der Waals surface area (Å²) < 4.78 is 1.84. The Labute approximate surface area is 144 Å². The first-order chi connectivity index (χ1) is 11.7.